The van der Waals surface area contributed by atoms with Crippen LogP contribution in [0.4, 0.5) is 11.4 Å². The largest absolute Gasteiger partial charge is 0.394 e. The summed E-state index contributed by atoms with van der Waals surface area (Å²) in [6, 6.07) is 24.6. The van der Waals surface area contributed by atoms with Gasteiger partial charge in [0.05, 0.1) is 44.1 Å². The Hall–Kier alpha value is -6.03. The minimum atomic E-state index is -1.60. The van der Waals surface area contributed by atoms with E-state index in [0.29, 0.717) is 32.1 Å². The smallest absolute Gasteiger partial charge is 0.286 e. The maximum Gasteiger partial charge on any atom is 0.286 e. The number of ether oxygens (including phenoxy) is 10. The number of fused-ring (bicyclic) bond motifs is 6. The van der Waals surface area contributed by atoms with Crippen LogP contribution in [0.3, 0.4) is 0 Å². The van der Waals surface area contributed by atoms with Gasteiger partial charge in [0, 0.05) is 74.0 Å². The molecule has 0 saturated carbocycles. The molecular weight excluding hydrogens is 1310 g/mol. The first-order valence-electron chi connectivity index (χ1n) is 35.4. The Morgan fingerprint density at radius 1 is 0.545 bits per heavy atom. The average Bonchev–Trinajstić information content (AvgIpc) is 1.58. The normalized spacial score (nSPS) is 34.5. The Labute approximate surface area is 586 Å². The van der Waals surface area contributed by atoms with E-state index in [2.05, 4.69) is 91.4 Å². The molecule has 18 rings (SSSR count). The summed E-state index contributed by atoms with van der Waals surface area (Å²) in [6.07, 6.45) is -7.83. The Bertz CT molecular complexity index is 3670. The second-order valence-electron chi connectivity index (χ2n) is 28.3. The minimum absolute atomic E-state index is 0.00452. The lowest BCUT2D eigenvalue weighted by Crippen LogP contribution is -2.65. The lowest BCUT2D eigenvalue weighted by Gasteiger charge is -2.47. The first-order chi connectivity index (χ1) is 48.8. The van der Waals surface area contributed by atoms with Gasteiger partial charge < -0.3 is 114 Å². The third-order valence-electron chi connectivity index (χ3n) is 21.0. The highest BCUT2D eigenvalue weighted by Gasteiger charge is 2.55. The van der Waals surface area contributed by atoms with E-state index in [1.807, 2.05) is 71.7 Å². The monoisotopic (exact) mass is 1410 g/mol. The van der Waals surface area contributed by atoms with Crippen molar-refractivity contribution in [2.75, 3.05) is 83.9 Å². The van der Waals surface area contributed by atoms with Crippen LogP contribution in [0.1, 0.15) is 77.3 Å². The number of nitrogens with zero attached hydrogens (tertiary/aromatic N) is 2. The number of carbonyl (C=O) groups is 2. The van der Waals surface area contributed by atoms with E-state index in [-0.39, 0.29) is 70.8 Å². The first-order valence-corrected chi connectivity index (χ1v) is 35.4. The van der Waals surface area contributed by atoms with Crippen LogP contribution < -0.4 is 15.5 Å². The second-order valence-corrected chi connectivity index (χ2v) is 28.3. The number of hydrogen-bond donors (Lipinski definition) is 12. The summed E-state index contributed by atoms with van der Waals surface area (Å²) in [6.45, 7) is 7.31. The molecule has 14 heterocycles. The molecule has 2 unspecified atom stereocenters. The number of aliphatic hydroxyl groups is 10. The van der Waals surface area contributed by atoms with Crippen molar-refractivity contribution in [1.82, 2.24) is 10.6 Å². The van der Waals surface area contributed by atoms with Gasteiger partial charge in [-0.25, -0.2) is 0 Å². The van der Waals surface area contributed by atoms with Gasteiger partial charge in [0.15, 0.2) is 18.3 Å². The van der Waals surface area contributed by atoms with Gasteiger partial charge in [-0.15, -0.1) is 0 Å². The van der Waals surface area contributed by atoms with Crippen molar-refractivity contribution in [1.29, 1.82) is 0 Å². The molecule has 26 nitrogen and oxygen atoms in total. The summed E-state index contributed by atoms with van der Waals surface area (Å²) in [5, 5.41) is 119. The molecule has 0 radical (unpaired) electrons. The third kappa shape index (κ3) is 15.6. The van der Waals surface area contributed by atoms with Crippen LogP contribution >= 0.6 is 0 Å². The molecule has 0 spiro atoms. The summed E-state index contributed by atoms with van der Waals surface area (Å²) in [4.78, 5) is 30.2. The van der Waals surface area contributed by atoms with Gasteiger partial charge in [0.2, 0.25) is 18.1 Å². The highest BCUT2D eigenvalue weighted by molar-refractivity contribution is 6.08. The van der Waals surface area contributed by atoms with E-state index in [0.717, 1.165) is 55.5 Å². The number of carbonyl (C=O) groups excluding carboxylic acids is 2. The van der Waals surface area contributed by atoms with Crippen LogP contribution in [0.2, 0.25) is 0 Å². The molecule has 12 saturated heterocycles. The Morgan fingerprint density at radius 3 is 1.74 bits per heavy atom. The Morgan fingerprint density at radius 2 is 1.07 bits per heavy atom. The summed E-state index contributed by atoms with van der Waals surface area (Å²) in [5.74, 6) is -0.472. The van der Waals surface area contributed by atoms with Crippen LogP contribution in [0, 0.1) is 0 Å². The van der Waals surface area contributed by atoms with E-state index in [1.165, 1.54) is 0 Å². The quantitative estimate of drug-likeness (QED) is 0.0303. The molecule has 14 aliphatic rings. The highest BCUT2D eigenvalue weighted by Crippen LogP contribution is 2.51. The predicted octanol–water partition coefficient (Wildman–Crippen LogP) is 1.75. The second kappa shape index (κ2) is 33.0. The number of amides is 2. The Balaban J connectivity index is 0.696. The topological polar surface area (TPSA) is 359 Å². The number of allylic oxidation sites excluding steroid dienone is 8. The van der Waals surface area contributed by atoms with Gasteiger partial charge in [-0.05, 0) is 97.7 Å². The zero-order valence-electron chi connectivity index (χ0n) is 57.5. The number of rotatable bonds is 22. The van der Waals surface area contributed by atoms with E-state index in [9.17, 15) is 60.7 Å². The SMILES string of the molecule is CC1(C)C(=CC=CC=CC=CC2=[N+](CC(=O)NCCCO[C@@H]3[C@@H](O)[C@@H]4OC5O[C@H](CO)[C@@H](OCCC[C@H]3O[C@@H]4CO)[C@H](O)[C@H]5O)c3ccc4ccccc4c3C2(C)C)N(CC(=O)NCCCO[C@H]2C3O[C@H]4[C@H](O)[C@@H](O)[C@@H](CCCO[C@@H]([C@@H]2O)[C@@H](CO)O3)O[C@@H]4CO)c2ccc3ccccc3c21. The molecular formula is C75H99N4O22+. The molecule has 0 aromatic heterocycles. The molecule has 4 aromatic carbocycles. The maximum absolute atomic E-state index is 14.1. The Kier molecular flexibility index (Phi) is 24.4. The highest BCUT2D eigenvalue weighted by atomic mass is 16.7. The number of hydrogen-bond acceptors (Lipinski definition) is 23. The molecule has 2 amide bonds. The van der Waals surface area contributed by atoms with Gasteiger partial charge in [0.1, 0.15) is 104 Å². The van der Waals surface area contributed by atoms with Crippen LogP contribution in [0.5, 0.6) is 0 Å². The first kappa shape index (κ1) is 74.7. The zero-order chi connectivity index (χ0) is 71.3. The predicted molar refractivity (Wildman–Crippen MR) is 368 cm³/mol. The summed E-state index contributed by atoms with van der Waals surface area (Å²) in [7, 11) is 0. The summed E-state index contributed by atoms with van der Waals surface area (Å²) >= 11 is 0. The molecule has 14 aliphatic heterocycles. The fourth-order valence-electron chi connectivity index (χ4n) is 15.9. The molecule has 101 heavy (non-hydrogen) atoms. The van der Waals surface area contributed by atoms with Crippen molar-refractivity contribution in [2.24, 2.45) is 0 Å². The van der Waals surface area contributed by atoms with Gasteiger partial charge in [0.25, 0.3) is 5.91 Å². The number of nitrogens with one attached hydrogen (secondary N) is 2. The molecule has 0 aliphatic carbocycles. The maximum atomic E-state index is 14.1. The third-order valence-corrected chi connectivity index (χ3v) is 21.0. The number of benzene rings is 4. The van der Waals surface area contributed by atoms with Crippen LogP contribution in [-0.2, 0) is 67.8 Å². The van der Waals surface area contributed by atoms with Crippen LogP contribution in [0.15, 0.2) is 121 Å². The molecule has 550 valence electrons. The minimum Gasteiger partial charge on any atom is -0.394 e. The number of aliphatic hydroxyl groups excluding tert-OH is 10. The molecule has 8 bridgehead atoms. The van der Waals surface area contributed by atoms with E-state index in [1.54, 1.807) is 0 Å². The standard InChI is InChI=1S/C75H98N4O22/c1-74(2)54(78(46-28-26-42-18-10-12-20-44(42)58(46)74)36-56(84)76-30-16-34-94-66-49-23-15-33-92-67-50(38-80)98-72(63(89)62(67)88)100-70(64(66)90)53(41-83)97-49)24-8-6-5-7-9-25-55-75(3,4)59-45-21-13-11-19-43(45)27-29-47(59)79(55)37-57(85)77-31-17-35-95-71-65(91)68-51(39-81)99-73(71)101-69-52(40-82)96-48(22-14-32-93-68)60(86)61(69)87/h5-13,18-21,24-29,48-53,60-73,80-83,86-91H,14-17,22-23,30-41H2,1-4H3,(H-,76,77,84,85)/p+1/t48-,49-,50-,51-,52-,53-,60+,61-,62-,63-,64-,65+,66+,67-,68-,69-,70-,71-,72?,73?/m1/s1. The van der Waals surface area contributed by atoms with Gasteiger partial charge in [-0.2, -0.15) is 4.58 Å². The van der Waals surface area contributed by atoms with Gasteiger partial charge in [-0.3, -0.25) is 9.59 Å². The lowest BCUT2D eigenvalue weighted by atomic mass is 9.79. The van der Waals surface area contributed by atoms with Crippen molar-refractivity contribution in [3.05, 3.63) is 132 Å². The number of anilines is 1. The average molecular weight is 1410 g/mol. The van der Waals surface area contributed by atoms with Gasteiger partial charge >= 0.3 is 0 Å². The van der Waals surface area contributed by atoms with Crippen molar-refractivity contribution in [2.45, 2.75) is 200 Å². The van der Waals surface area contributed by atoms with Gasteiger partial charge in [-0.1, -0.05) is 98.8 Å². The van der Waals surface area contributed by atoms with Crippen molar-refractivity contribution < 1.29 is 113 Å². The molecule has 12 N–H and O–H groups in total. The molecule has 12 fully saturated rings. The van der Waals surface area contributed by atoms with Crippen molar-refractivity contribution in [3.8, 4) is 0 Å². The lowest BCUT2D eigenvalue weighted by molar-refractivity contribution is -0.425. The van der Waals surface area contributed by atoms with Crippen molar-refractivity contribution in [3.63, 3.8) is 0 Å². The van der Waals surface area contributed by atoms with E-state index in [4.69, 9.17) is 47.4 Å². The fourth-order valence-corrected chi connectivity index (χ4v) is 15.9. The van der Waals surface area contributed by atoms with E-state index >= 15 is 0 Å². The summed E-state index contributed by atoms with van der Waals surface area (Å²) < 4.78 is 62.7. The fraction of sp³-hybridized carbons (Fsp3) is 0.587. The molecule has 20 atom stereocenters. The van der Waals surface area contributed by atoms with Crippen LogP contribution in [-0.4, -0.2) is 275 Å². The summed E-state index contributed by atoms with van der Waals surface area (Å²) in [5.41, 5.74) is 4.75. The molecule has 26 heteroatoms. The van der Waals surface area contributed by atoms with Crippen LogP contribution in [0.25, 0.3) is 21.5 Å². The zero-order valence-corrected chi connectivity index (χ0v) is 57.5. The van der Waals surface area contributed by atoms with E-state index < -0.39 is 160 Å². The molecule has 4 aromatic rings. The van der Waals surface area contributed by atoms with Crippen molar-refractivity contribution >= 4 is 50.4 Å².